The highest BCUT2D eigenvalue weighted by Gasteiger charge is 2.15. The van der Waals surface area contributed by atoms with Gasteiger partial charge in [-0.25, -0.2) is 9.78 Å². The zero-order valence-corrected chi connectivity index (χ0v) is 14.1. The Labute approximate surface area is 148 Å². The lowest BCUT2D eigenvalue weighted by atomic mass is 10.0. The van der Waals surface area contributed by atoms with Crippen LogP contribution >= 0.6 is 23.5 Å². The van der Waals surface area contributed by atoms with Crippen molar-refractivity contribution in [3.05, 3.63) is 52.9 Å². The highest BCUT2D eigenvalue weighted by atomic mass is 35.5. The van der Waals surface area contributed by atoms with Crippen molar-refractivity contribution in [3.8, 4) is 11.3 Å². The van der Waals surface area contributed by atoms with Gasteiger partial charge in [-0.2, -0.15) is 0 Å². The molecule has 1 aromatic heterocycles. The van der Waals surface area contributed by atoms with E-state index in [2.05, 4.69) is 16.3 Å². The second-order valence-corrected chi connectivity index (χ2v) is 6.01. The van der Waals surface area contributed by atoms with Crippen molar-refractivity contribution in [3.63, 3.8) is 0 Å². The monoisotopic (exact) mass is 362 g/mol. The van der Waals surface area contributed by atoms with Gasteiger partial charge >= 0.3 is 5.97 Å². The fraction of sp³-hybridized carbons (Fsp3) is 0.0625. The molecule has 2 aromatic rings. The number of benzene rings is 1. The van der Waals surface area contributed by atoms with Crippen LogP contribution in [0.2, 0.25) is 0 Å². The van der Waals surface area contributed by atoms with Crippen LogP contribution in [0.4, 0.5) is 11.5 Å². The lowest BCUT2D eigenvalue weighted by Gasteiger charge is -2.10. The topological polar surface area (TPSA) is 112 Å². The standard InChI is InChI=1S/C16H15ClN4O2S/c1-9(7-17)24-21-11-4-2-10(3-5-11)14-6-12(16(22)23)13(8-18)15(19)20-14/h2-6,8,18,21H,1,7H2,(H2,19,20)(H,22,23). The molecular formula is C16H15ClN4O2S. The molecule has 0 unspecified atom stereocenters. The molecule has 8 heteroatoms. The van der Waals surface area contributed by atoms with E-state index in [4.69, 9.17) is 22.7 Å². The summed E-state index contributed by atoms with van der Waals surface area (Å²) >= 11 is 6.99. The molecule has 6 nitrogen and oxygen atoms in total. The number of pyridine rings is 1. The molecule has 1 aromatic carbocycles. The minimum atomic E-state index is -1.15. The molecule has 0 aliphatic rings. The maximum atomic E-state index is 11.3. The number of nitrogens with two attached hydrogens (primary N) is 1. The summed E-state index contributed by atoms with van der Waals surface area (Å²) < 4.78 is 3.10. The fourth-order valence-corrected chi connectivity index (χ4v) is 2.54. The van der Waals surface area contributed by atoms with E-state index in [1.165, 1.54) is 18.0 Å². The summed E-state index contributed by atoms with van der Waals surface area (Å²) in [7, 11) is 0. The summed E-state index contributed by atoms with van der Waals surface area (Å²) in [5.41, 5.74) is 7.81. The molecule has 0 saturated carbocycles. The summed E-state index contributed by atoms with van der Waals surface area (Å²) in [6.45, 7) is 3.78. The van der Waals surface area contributed by atoms with E-state index in [-0.39, 0.29) is 16.9 Å². The summed E-state index contributed by atoms with van der Waals surface area (Å²) in [4.78, 5) is 16.3. The zero-order chi connectivity index (χ0) is 17.7. The second-order valence-electron chi connectivity index (χ2n) is 4.76. The molecule has 0 atom stereocenters. The van der Waals surface area contributed by atoms with Crippen LogP contribution in [0.1, 0.15) is 15.9 Å². The molecule has 5 N–H and O–H groups in total. The van der Waals surface area contributed by atoms with E-state index in [1.54, 1.807) is 12.1 Å². The number of halogens is 1. The number of anilines is 2. The zero-order valence-electron chi connectivity index (χ0n) is 12.5. The van der Waals surface area contributed by atoms with Gasteiger partial charge in [0.05, 0.1) is 17.1 Å². The normalized spacial score (nSPS) is 10.2. The van der Waals surface area contributed by atoms with Crippen molar-refractivity contribution in [2.45, 2.75) is 0 Å². The summed E-state index contributed by atoms with van der Waals surface area (Å²) in [6, 6.07) is 8.65. The van der Waals surface area contributed by atoms with Gasteiger partial charge in [0.1, 0.15) is 5.82 Å². The van der Waals surface area contributed by atoms with Gasteiger partial charge in [0.15, 0.2) is 0 Å². The van der Waals surface area contributed by atoms with Crippen molar-refractivity contribution >= 4 is 47.2 Å². The third kappa shape index (κ3) is 4.06. The van der Waals surface area contributed by atoms with E-state index in [0.717, 1.165) is 16.8 Å². The third-order valence-corrected chi connectivity index (χ3v) is 4.36. The largest absolute Gasteiger partial charge is 0.478 e. The van der Waals surface area contributed by atoms with E-state index in [9.17, 15) is 9.90 Å². The van der Waals surface area contributed by atoms with Gasteiger partial charge in [0.25, 0.3) is 0 Å². The number of alkyl halides is 1. The molecule has 124 valence electrons. The first kappa shape index (κ1) is 17.8. The van der Waals surface area contributed by atoms with Gasteiger partial charge in [-0.05, 0) is 30.1 Å². The highest BCUT2D eigenvalue weighted by molar-refractivity contribution is 8.04. The summed E-state index contributed by atoms with van der Waals surface area (Å²) in [5.74, 6) is -0.787. The second kappa shape index (κ2) is 7.85. The van der Waals surface area contributed by atoms with Crippen molar-refractivity contribution in [2.75, 3.05) is 16.3 Å². The molecule has 0 radical (unpaired) electrons. The van der Waals surface area contributed by atoms with Crippen molar-refractivity contribution in [2.24, 2.45) is 0 Å². The van der Waals surface area contributed by atoms with Crippen LogP contribution in [0.15, 0.2) is 41.8 Å². The van der Waals surface area contributed by atoms with Crippen LogP contribution in [-0.2, 0) is 0 Å². The number of hydrogen-bond donors (Lipinski definition) is 4. The molecule has 0 saturated heterocycles. The highest BCUT2D eigenvalue weighted by Crippen LogP contribution is 2.26. The Morgan fingerprint density at radius 2 is 2.12 bits per heavy atom. The van der Waals surface area contributed by atoms with Gasteiger partial charge in [-0.3, -0.25) is 0 Å². The molecule has 1 heterocycles. The number of allylic oxidation sites excluding steroid dienone is 1. The number of nitrogens with zero attached hydrogens (tertiary/aromatic N) is 1. The molecule has 24 heavy (non-hydrogen) atoms. The van der Waals surface area contributed by atoms with Crippen LogP contribution in [0.5, 0.6) is 0 Å². The van der Waals surface area contributed by atoms with Crippen molar-refractivity contribution in [1.82, 2.24) is 4.98 Å². The summed E-state index contributed by atoms with van der Waals surface area (Å²) in [5, 5.41) is 16.5. The minimum absolute atomic E-state index is 0.0102. The lowest BCUT2D eigenvalue weighted by molar-refractivity contribution is 0.0696. The van der Waals surface area contributed by atoms with Crippen LogP contribution in [0, 0.1) is 5.41 Å². The number of aromatic nitrogens is 1. The van der Waals surface area contributed by atoms with E-state index >= 15 is 0 Å². The van der Waals surface area contributed by atoms with E-state index in [1.807, 2.05) is 12.1 Å². The van der Waals surface area contributed by atoms with Gasteiger partial charge in [0.2, 0.25) is 0 Å². The number of rotatable bonds is 7. The first-order valence-corrected chi connectivity index (χ1v) is 8.12. The van der Waals surface area contributed by atoms with Gasteiger partial charge in [0, 0.05) is 27.9 Å². The smallest absolute Gasteiger partial charge is 0.336 e. The number of carboxylic acid groups (broad SMARTS) is 1. The maximum absolute atomic E-state index is 11.3. The molecule has 0 bridgehead atoms. The molecule has 0 aliphatic carbocycles. The Balaban J connectivity index is 2.30. The number of carbonyl (C=O) groups is 1. The number of nitrogen functional groups attached to an aromatic ring is 1. The average Bonchev–Trinajstić information content (AvgIpc) is 2.59. The summed E-state index contributed by atoms with van der Waals surface area (Å²) in [6.07, 6.45) is 0.892. The third-order valence-electron chi connectivity index (χ3n) is 3.11. The Morgan fingerprint density at radius 1 is 1.46 bits per heavy atom. The van der Waals surface area contributed by atoms with Crippen LogP contribution in [-0.4, -0.2) is 28.2 Å². The average molecular weight is 363 g/mol. The Kier molecular flexibility index (Phi) is 5.83. The van der Waals surface area contributed by atoms with Gasteiger partial charge < -0.3 is 21.0 Å². The molecule has 0 aliphatic heterocycles. The van der Waals surface area contributed by atoms with Gasteiger partial charge in [-0.15, -0.1) is 11.6 Å². The molecular weight excluding hydrogens is 348 g/mol. The quantitative estimate of drug-likeness (QED) is 0.338. The first-order valence-electron chi connectivity index (χ1n) is 6.77. The molecule has 0 spiro atoms. The Hall–Kier alpha value is -2.51. The van der Waals surface area contributed by atoms with E-state index < -0.39 is 5.97 Å². The molecule has 0 fully saturated rings. The Bertz CT molecular complexity index is 793. The maximum Gasteiger partial charge on any atom is 0.336 e. The van der Waals surface area contributed by atoms with Crippen molar-refractivity contribution < 1.29 is 9.90 Å². The number of aromatic carboxylic acids is 1. The minimum Gasteiger partial charge on any atom is -0.478 e. The fourth-order valence-electron chi connectivity index (χ4n) is 1.92. The molecule has 0 amide bonds. The predicted molar refractivity (Wildman–Crippen MR) is 100 cm³/mol. The SMILES string of the molecule is C=C(CCl)SNc1ccc(-c2cc(C(=O)O)c(C=N)c(N)n2)cc1. The number of hydrogen-bond acceptors (Lipinski definition) is 6. The van der Waals surface area contributed by atoms with Crippen molar-refractivity contribution in [1.29, 1.82) is 5.41 Å². The van der Waals surface area contributed by atoms with Crippen LogP contribution in [0.25, 0.3) is 11.3 Å². The molecule has 2 rings (SSSR count). The van der Waals surface area contributed by atoms with E-state index in [0.29, 0.717) is 17.1 Å². The first-order chi connectivity index (χ1) is 11.5. The van der Waals surface area contributed by atoms with Crippen LogP contribution < -0.4 is 10.5 Å². The Morgan fingerprint density at radius 3 is 2.67 bits per heavy atom. The number of nitrogens with one attached hydrogen (secondary N) is 2. The lowest BCUT2D eigenvalue weighted by Crippen LogP contribution is -2.08. The predicted octanol–water partition coefficient (Wildman–Crippen LogP) is 3.84. The van der Waals surface area contributed by atoms with Crippen LogP contribution in [0.3, 0.4) is 0 Å². The number of carboxylic acids is 1. The van der Waals surface area contributed by atoms with Gasteiger partial charge in [-0.1, -0.05) is 18.7 Å².